The third-order valence-electron chi connectivity index (χ3n) is 5.77. The summed E-state index contributed by atoms with van der Waals surface area (Å²) in [6, 6.07) is 15.1. The molecule has 3 aromatic rings. The van der Waals surface area contributed by atoms with Crippen molar-refractivity contribution in [2.24, 2.45) is 0 Å². The van der Waals surface area contributed by atoms with Crippen molar-refractivity contribution in [1.29, 1.82) is 0 Å². The molecule has 0 bridgehead atoms. The maximum absolute atomic E-state index is 13.8. The molecule has 7 nitrogen and oxygen atoms in total. The predicted molar refractivity (Wildman–Crippen MR) is 143 cm³/mol. The number of hydrogen-bond donors (Lipinski definition) is 1. The van der Waals surface area contributed by atoms with E-state index >= 15 is 0 Å². The molecule has 0 fully saturated rings. The molecule has 0 aliphatic rings. The van der Waals surface area contributed by atoms with E-state index in [2.05, 4.69) is 5.32 Å². The Morgan fingerprint density at radius 2 is 1.62 bits per heavy atom. The zero-order chi connectivity index (χ0) is 27.3. The van der Waals surface area contributed by atoms with Gasteiger partial charge in [0.1, 0.15) is 18.4 Å². The van der Waals surface area contributed by atoms with Crippen molar-refractivity contribution in [3.8, 4) is 0 Å². The van der Waals surface area contributed by atoms with Gasteiger partial charge in [-0.05, 0) is 55.8 Å². The third kappa shape index (κ3) is 6.60. The highest BCUT2D eigenvalue weighted by atomic mass is 35.5. The highest BCUT2D eigenvalue weighted by Gasteiger charge is 2.33. The number of nitrogens with one attached hydrogen (secondary N) is 1. The first-order valence-electron chi connectivity index (χ1n) is 11.2. The standard InChI is InChI=1S/C26H26Cl2FN3O4S/c1-17-7-13-21(14-8-17)37(35,36)32(23-6-4-5-22(27)25(23)28)16-24(33)31(18(2)26(34)30-3)15-19-9-11-20(29)12-10-19/h4-14,18H,15-16H2,1-3H3,(H,30,34)/t18-/m0/s1. The van der Waals surface area contributed by atoms with Crippen LogP contribution in [0.3, 0.4) is 0 Å². The molecule has 1 N–H and O–H groups in total. The van der Waals surface area contributed by atoms with Gasteiger partial charge >= 0.3 is 0 Å². The average Bonchev–Trinajstić information content (AvgIpc) is 2.88. The van der Waals surface area contributed by atoms with Crippen LogP contribution in [0.15, 0.2) is 71.6 Å². The molecule has 0 radical (unpaired) electrons. The molecular formula is C26H26Cl2FN3O4S. The summed E-state index contributed by atoms with van der Waals surface area (Å²) >= 11 is 12.6. The van der Waals surface area contributed by atoms with Crippen LogP contribution in [0, 0.1) is 12.7 Å². The Morgan fingerprint density at radius 1 is 1.00 bits per heavy atom. The zero-order valence-electron chi connectivity index (χ0n) is 20.4. The number of sulfonamides is 1. The second kappa shape index (κ2) is 11.9. The predicted octanol–water partition coefficient (Wildman–Crippen LogP) is 4.80. The van der Waals surface area contributed by atoms with Crippen LogP contribution in [0.5, 0.6) is 0 Å². The number of rotatable bonds is 9. The molecular weight excluding hydrogens is 540 g/mol. The summed E-state index contributed by atoms with van der Waals surface area (Å²) < 4.78 is 41.8. The van der Waals surface area contributed by atoms with E-state index in [1.165, 1.54) is 73.5 Å². The maximum atomic E-state index is 13.8. The molecule has 0 saturated heterocycles. The van der Waals surface area contributed by atoms with Crippen molar-refractivity contribution in [2.75, 3.05) is 17.9 Å². The molecule has 1 atom stereocenters. The van der Waals surface area contributed by atoms with Crippen LogP contribution in [0.2, 0.25) is 10.0 Å². The lowest BCUT2D eigenvalue weighted by Gasteiger charge is -2.32. The van der Waals surface area contributed by atoms with E-state index in [1.54, 1.807) is 12.1 Å². The van der Waals surface area contributed by atoms with Crippen molar-refractivity contribution < 1.29 is 22.4 Å². The van der Waals surface area contributed by atoms with Crippen LogP contribution < -0.4 is 9.62 Å². The number of aryl methyl sites for hydroxylation is 1. The van der Waals surface area contributed by atoms with Gasteiger partial charge in [-0.3, -0.25) is 13.9 Å². The van der Waals surface area contributed by atoms with Crippen LogP contribution in [-0.2, 0) is 26.2 Å². The molecule has 11 heteroatoms. The molecule has 196 valence electrons. The van der Waals surface area contributed by atoms with Crippen molar-refractivity contribution in [1.82, 2.24) is 10.2 Å². The molecule has 0 aliphatic carbocycles. The van der Waals surface area contributed by atoms with Gasteiger partial charge in [0, 0.05) is 13.6 Å². The highest BCUT2D eigenvalue weighted by molar-refractivity contribution is 7.92. The summed E-state index contributed by atoms with van der Waals surface area (Å²) in [5.41, 5.74) is 1.42. The minimum atomic E-state index is -4.28. The smallest absolute Gasteiger partial charge is 0.264 e. The van der Waals surface area contributed by atoms with E-state index in [9.17, 15) is 22.4 Å². The number of amides is 2. The number of hydrogen-bond acceptors (Lipinski definition) is 4. The highest BCUT2D eigenvalue weighted by Crippen LogP contribution is 2.35. The van der Waals surface area contributed by atoms with Crippen molar-refractivity contribution >= 4 is 50.7 Å². The van der Waals surface area contributed by atoms with E-state index in [0.29, 0.717) is 5.56 Å². The monoisotopic (exact) mass is 565 g/mol. The summed E-state index contributed by atoms with van der Waals surface area (Å²) in [5.74, 6) is -1.58. The summed E-state index contributed by atoms with van der Waals surface area (Å²) in [5, 5.41) is 2.56. The molecule has 0 aliphatic heterocycles. The van der Waals surface area contributed by atoms with Gasteiger partial charge in [0.05, 0.1) is 20.6 Å². The Balaban J connectivity index is 2.07. The van der Waals surface area contributed by atoms with E-state index < -0.39 is 40.2 Å². The largest absolute Gasteiger partial charge is 0.357 e. The fraction of sp³-hybridized carbons (Fsp3) is 0.231. The lowest BCUT2D eigenvalue weighted by atomic mass is 10.1. The number of anilines is 1. The van der Waals surface area contributed by atoms with Gasteiger partial charge in [-0.25, -0.2) is 12.8 Å². The SMILES string of the molecule is CNC(=O)[C@H](C)N(Cc1ccc(F)cc1)C(=O)CN(c1cccc(Cl)c1Cl)S(=O)(=O)c1ccc(C)cc1. The van der Waals surface area contributed by atoms with Crippen LogP contribution in [0.25, 0.3) is 0 Å². The van der Waals surface area contributed by atoms with Crippen molar-refractivity contribution in [3.63, 3.8) is 0 Å². The first kappa shape index (κ1) is 28.4. The third-order valence-corrected chi connectivity index (χ3v) is 8.35. The Hall–Kier alpha value is -3.14. The molecule has 0 unspecified atom stereocenters. The summed E-state index contributed by atoms with van der Waals surface area (Å²) in [7, 11) is -2.85. The topological polar surface area (TPSA) is 86.8 Å². The van der Waals surface area contributed by atoms with Gasteiger partial charge in [0.2, 0.25) is 11.8 Å². The van der Waals surface area contributed by atoms with Gasteiger partial charge in [0.15, 0.2) is 0 Å². The summed E-state index contributed by atoms with van der Waals surface area (Å²) in [6.45, 7) is 2.61. The minimum Gasteiger partial charge on any atom is -0.357 e. The molecule has 0 aromatic heterocycles. The van der Waals surface area contributed by atoms with E-state index in [-0.39, 0.29) is 27.2 Å². The molecule has 0 heterocycles. The minimum absolute atomic E-state index is 0.0115. The normalized spacial score (nSPS) is 12.1. The lowest BCUT2D eigenvalue weighted by Crippen LogP contribution is -2.50. The van der Waals surface area contributed by atoms with Gasteiger partial charge < -0.3 is 10.2 Å². The fourth-order valence-electron chi connectivity index (χ4n) is 3.61. The Kier molecular flexibility index (Phi) is 9.17. The van der Waals surface area contributed by atoms with Crippen LogP contribution in [0.4, 0.5) is 10.1 Å². The molecule has 3 aromatic carbocycles. The first-order valence-corrected chi connectivity index (χ1v) is 13.4. The fourth-order valence-corrected chi connectivity index (χ4v) is 5.49. The van der Waals surface area contributed by atoms with Gasteiger partial charge in [0.25, 0.3) is 10.0 Å². The number of carbonyl (C=O) groups is 2. The zero-order valence-corrected chi connectivity index (χ0v) is 22.7. The van der Waals surface area contributed by atoms with E-state index in [0.717, 1.165) is 9.87 Å². The molecule has 37 heavy (non-hydrogen) atoms. The molecule has 0 saturated carbocycles. The average molecular weight is 566 g/mol. The second-order valence-corrected chi connectivity index (χ2v) is 11.0. The van der Waals surface area contributed by atoms with Crippen LogP contribution in [0.1, 0.15) is 18.1 Å². The van der Waals surface area contributed by atoms with Crippen LogP contribution >= 0.6 is 23.2 Å². The second-order valence-electron chi connectivity index (χ2n) is 8.34. The molecule has 0 spiro atoms. The number of likely N-dealkylation sites (N-methyl/N-ethyl adjacent to an activating group) is 1. The van der Waals surface area contributed by atoms with Crippen molar-refractivity contribution in [3.05, 3.63) is 93.7 Å². The quantitative estimate of drug-likeness (QED) is 0.403. The maximum Gasteiger partial charge on any atom is 0.264 e. The number of carbonyl (C=O) groups excluding carboxylic acids is 2. The Labute approximate surface area is 225 Å². The van der Waals surface area contributed by atoms with Crippen LogP contribution in [-0.4, -0.2) is 44.8 Å². The molecule has 3 rings (SSSR count). The van der Waals surface area contributed by atoms with Gasteiger partial charge in [-0.1, -0.05) is 59.1 Å². The van der Waals surface area contributed by atoms with E-state index in [4.69, 9.17) is 23.2 Å². The van der Waals surface area contributed by atoms with Crippen molar-refractivity contribution in [2.45, 2.75) is 31.3 Å². The lowest BCUT2D eigenvalue weighted by molar-refractivity contribution is -0.139. The molecule has 2 amide bonds. The van der Waals surface area contributed by atoms with Gasteiger partial charge in [-0.15, -0.1) is 0 Å². The Morgan fingerprint density at radius 3 is 2.22 bits per heavy atom. The Bertz CT molecular complexity index is 1380. The number of halogens is 3. The number of nitrogens with zero attached hydrogens (tertiary/aromatic N) is 2. The first-order chi connectivity index (χ1) is 17.4. The van der Waals surface area contributed by atoms with E-state index in [1.807, 2.05) is 6.92 Å². The summed E-state index contributed by atoms with van der Waals surface area (Å²) in [6.07, 6.45) is 0. The van der Waals surface area contributed by atoms with Gasteiger partial charge in [-0.2, -0.15) is 0 Å². The number of benzene rings is 3. The summed E-state index contributed by atoms with van der Waals surface area (Å²) in [4.78, 5) is 27.3.